The van der Waals surface area contributed by atoms with Crippen LogP contribution in [0.15, 0.2) is 12.1 Å². The van der Waals surface area contributed by atoms with Crippen LogP contribution in [0.4, 0.5) is 0 Å². The summed E-state index contributed by atoms with van der Waals surface area (Å²) < 4.78 is 0. The van der Waals surface area contributed by atoms with Crippen molar-refractivity contribution in [2.24, 2.45) is 0 Å². The lowest BCUT2D eigenvalue weighted by Gasteiger charge is -2.23. The van der Waals surface area contributed by atoms with Gasteiger partial charge in [-0.3, -0.25) is 4.79 Å². The minimum Gasteiger partial charge on any atom is -0.334 e. The van der Waals surface area contributed by atoms with Gasteiger partial charge in [-0.2, -0.15) is 5.26 Å². The summed E-state index contributed by atoms with van der Waals surface area (Å²) in [5, 5.41) is 12.3. The highest BCUT2D eigenvalue weighted by Gasteiger charge is 2.36. The fourth-order valence-corrected chi connectivity index (χ4v) is 3.06. The number of nitrogens with zero attached hydrogens (tertiary/aromatic N) is 1. The molecule has 0 radical (unpaired) electrons. The third-order valence-corrected chi connectivity index (χ3v) is 3.93. The van der Waals surface area contributed by atoms with Gasteiger partial charge in [-0.15, -0.1) is 0 Å². The van der Waals surface area contributed by atoms with Gasteiger partial charge in [0.25, 0.3) is 5.91 Å². The van der Waals surface area contributed by atoms with Crippen LogP contribution in [0.5, 0.6) is 0 Å². The first kappa shape index (κ1) is 13.6. The summed E-state index contributed by atoms with van der Waals surface area (Å²) in [5.74, 6) is -0.113. The predicted octanol–water partition coefficient (Wildman–Crippen LogP) is 3.18. The van der Waals surface area contributed by atoms with Crippen molar-refractivity contribution in [1.29, 1.82) is 5.26 Å². The number of carbonyl (C=O) groups is 1. The third-order valence-electron chi connectivity index (χ3n) is 3.93. The van der Waals surface area contributed by atoms with Crippen LogP contribution in [-0.2, 0) is 0 Å². The SMILES string of the molecule is Cc1cc(C)c(C(=O)NC2(C#N)CCCC2)c(C)c1. The fourth-order valence-electron chi connectivity index (χ4n) is 3.06. The van der Waals surface area contributed by atoms with E-state index >= 15 is 0 Å². The Morgan fingerprint density at radius 1 is 1.21 bits per heavy atom. The van der Waals surface area contributed by atoms with Gasteiger partial charge in [-0.25, -0.2) is 0 Å². The van der Waals surface area contributed by atoms with E-state index in [4.69, 9.17) is 0 Å². The molecule has 1 aliphatic carbocycles. The maximum atomic E-state index is 12.5. The van der Waals surface area contributed by atoms with Crippen LogP contribution in [0.3, 0.4) is 0 Å². The summed E-state index contributed by atoms with van der Waals surface area (Å²) in [6.07, 6.45) is 3.55. The molecule has 19 heavy (non-hydrogen) atoms. The number of hydrogen-bond donors (Lipinski definition) is 1. The van der Waals surface area contributed by atoms with Gasteiger partial charge in [0, 0.05) is 5.56 Å². The molecule has 3 heteroatoms. The molecule has 0 atom stereocenters. The summed E-state index contributed by atoms with van der Waals surface area (Å²) in [6, 6.07) is 6.32. The number of nitriles is 1. The standard InChI is InChI=1S/C16H20N2O/c1-11-8-12(2)14(13(3)9-11)15(19)18-16(10-17)6-4-5-7-16/h8-9H,4-7H2,1-3H3,(H,18,19). The summed E-state index contributed by atoms with van der Waals surface area (Å²) in [5.41, 5.74) is 3.16. The summed E-state index contributed by atoms with van der Waals surface area (Å²) >= 11 is 0. The molecule has 0 aliphatic heterocycles. The van der Waals surface area contributed by atoms with Crippen molar-refractivity contribution in [2.75, 3.05) is 0 Å². The van der Waals surface area contributed by atoms with Crippen molar-refractivity contribution in [3.05, 3.63) is 34.4 Å². The number of benzene rings is 1. The lowest BCUT2D eigenvalue weighted by Crippen LogP contribution is -2.45. The minimum absolute atomic E-state index is 0.113. The van der Waals surface area contributed by atoms with E-state index in [9.17, 15) is 10.1 Å². The number of nitrogens with one attached hydrogen (secondary N) is 1. The molecule has 1 aliphatic rings. The van der Waals surface area contributed by atoms with Crippen LogP contribution in [0.2, 0.25) is 0 Å². The average Bonchev–Trinajstić information content (AvgIpc) is 2.76. The highest BCUT2D eigenvalue weighted by atomic mass is 16.1. The lowest BCUT2D eigenvalue weighted by molar-refractivity contribution is 0.0919. The zero-order valence-electron chi connectivity index (χ0n) is 11.8. The largest absolute Gasteiger partial charge is 0.334 e. The van der Waals surface area contributed by atoms with E-state index in [-0.39, 0.29) is 5.91 Å². The number of rotatable bonds is 2. The molecule has 1 fully saturated rings. The van der Waals surface area contributed by atoms with Crippen LogP contribution in [0.25, 0.3) is 0 Å². The summed E-state index contributed by atoms with van der Waals surface area (Å²) in [6.45, 7) is 5.92. The van der Waals surface area contributed by atoms with Gasteiger partial charge in [-0.05, 0) is 57.6 Å². The van der Waals surface area contributed by atoms with Crippen molar-refractivity contribution in [3.8, 4) is 6.07 Å². The first-order valence-electron chi connectivity index (χ1n) is 6.79. The molecule has 0 saturated heterocycles. The van der Waals surface area contributed by atoms with Crippen LogP contribution in [-0.4, -0.2) is 11.4 Å². The zero-order chi connectivity index (χ0) is 14.0. The predicted molar refractivity (Wildman–Crippen MR) is 74.9 cm³/mol. The van der Waals surface area contributed by atoms with Gasteiger partial charge in [0.15, 0.2) is 0 Å². The second-order valence-electron chi connectivity index (χ2n) is 5.63. The van der Waals surface area contributed by atoms with Crippen LogP contribution >= 0.6 is 0 Å². The van der Waals surface area contributed by atoms with Crippen molar-refractivity contribution in [1.82, 2.24) is 5.32 Å². The van der Waals surface area contributed by atoms with Crippen molar-refractivity contribution < 1.29 is 4.79 Å². The molecule has 2 rings (SSSR count). The molecule has 1 saturated carbocycles. The zero-order valence-corrected chi connectivity index (χ0v) is 11.8. The maximum absolute atomic E-state index is 12.5. The van der Waals surface area contributed by atoms with Crippen LogP contribution in [0.1, 0.15) is 52.7 Å². The number of hydrogen-bond acceptors (Lipinski definition) is 2. The molecule has 1 aromatic rings. The molecule has 0 spiro atoms. The van der Waals surface area contributed by atoms with E-state index in [1.165, 1.54) is 0 Å². The van der Waals surface area contributed by atoms with E-state index in [1.54, 1.807) is 0 Å². The Morgan fingerprint density at radius 3 is 2.21 bits per heavy atom. The van der Waals surface area contributed by atoms with Gasteiger partial charge >= 0.3 is 0 Å². The Labute approximate surface area is 114 Å². The Balaban J connectivity index is 2.28. The van der Waals surface area contributed by atoms with E-state index < -0.39 is 5.54 Å². The van der Waals surface area contributed by atoms with E-state index in [0.29, 0.717) is 5.56 Å². The van der Waals surface area contributed by atoms with E-state index in [2.05, 4.69) is 11.4 Å². The molecule has 1 amide bonds. The third kappa shape index (κ3) is 2.63. The monoisotopic (exact) mass is 256 g/mol. The van der Waals surface area contributed by atoms with E-state index in [1.807, 2.05) is 32.9 Å². The summed E-state index contributed by atoms with van der Waals surface area (Å²) in [7, 11) is 0. The quantitative estimate of drug-likeness (QED) is 0.883. The molecule has 0 unspecified atom stereocenters. The normalized spacial score (nSPS) is 16.9. The van der Waals surface area contributed by atoms with Crippen LogP contribution < -0.4 is 5.32 Å². The lowest BCUT2D eigenvalue weighted by atomic mass is 9.95. The minimum atomic E-state index is -0.652. The van der Waals surface area contributed by atoms with Gasteiger partial charge in [0.1, 0.15) is 5.54 Å². The molecule has 0 heterocycles. The van der Waals surface area contributed by atoms with Crippen molar-refractivity contribution in [3.63, 3.8) is 0 Å². The maximum Gasteiger partial charge on any atom is 0.253 e. The number of amides is 1. The second-order valence-corrected chi connectivity index (χ2v) is 5.63. The van der Waals surface area contributed by atoms with Crippen molar-refractivity contribution in [2.45, 2.75) is 52.0 Å². The molecule has 1 N–H and O–H groups in total. The topological polar surface area (TPSA) is 52.9 Å². The van der Waals surface area contributed by atoms with Gasteiger partial charge in [0.2, 0.25) is 0 Å². The molecule has 3 nitrogen and oxygen atoms in total. The van der Waals surface area contributed by atoms with E-state index in [0.717, 1.165) is 42.4 Å². The molecular formula is C16H20N2O. The molecule has 0 bridgehead atoms. The highest BCUT2D eigenvalue weighted by Crippen LogP contribution is 2.29. The van der Waals surface area contributed by atoms with Gasteiger partial charge in [-0.1, -0.05) is 17.7 Å². The Bertz CT molecular complexity index is 525. The first-order chi connectivity index (χ1) is 8.97. The second kappa shape index (κ2) is 5.05. The molecule has 1 aromatic carbocycles. The van der Waals surface area contributed by atoms with Crippen LogP contribution in [0, 0.1) is 32.1 Å². The average molecular weight is 256 g/mol. The molecular weight excluding hydrogens is 236 g/mol. The van der Waals surface area contributed by atoms with Gasteiger partial charge < -0.3 is 5.32 Å². The Hall–Kier alpha value is -1.82. The number of carbonyl (C=O) groups excluding carboxylic acids is 1. The fraction of sp³-hybridized carbons (Fsp3) is 0.500. The Kier molecular flexibility index (Phi) is 3.61. The number of aryl methyl sites for hydroxylation is 3. The Morgan fingerprint density at radius 2 is 1.74 bits per heavy atom. The summed E-state index contributed by atoms with van der Waals surface area (Å²) in [4.78, 5) is 12.5. The highest BCUT2D eigenvalue weighted by molar-refractivity contribution is 5.97. The first-order valence-corrected chi connectivity index (χ1v) is 6.79. The molecule has 0 aromatic heterocycles. The molecule has 100 valence electrons. The van der Waals surface area contributed by atoms with Gasteiger partial charge in [0.05, 0.1) is 6.07 Å². The van der Waals surface area contributed by atoms with Crippen molar-refractivity contribution >= 4 is 5.91 Å². The smallest absolute Gasteiger partial charge is 0.253 e.